The van der Waals surface area contributed by atoms with E-state index >= 15 is 0 Å². The van der Waals surface area contributed by atoms with Crippen molar-refractivity contribution in [2.24, 2.45) is 4.99 Å². The molecule has 1 aliphatic carbocycles. The number of rotatable bonds is 8. The van der Waals surface area contributed by atoms with Crippen molar-refractivity contribution in [2.45, 2.75) is 38.0 Å². The van der Waals surface area contributed by atoms with Gasteiger partial charge < -0.3 is 16.0 Å². The second-order valence-electron chi connectivity index (χ2n) is 6.10. The van der Waals surface area contributed by atoms with E-state index in [9.17, 15) is 4.79 Å². The van der Waals surface area contributed by atoms with Crippen molar-refractivity contribution in [1.29, 1.82) is 0 Å². The highest BCUT2D eigenvalue weighted by Gasteiger charge is 2.43. The maximum Gasteiger partial charge on any atom is 0.221 e. The molecule has 23 heavy (non-hydrogen) atoms. The minimum atomic E-state index is 0.0813. The summed E-state index contributed by atoms with van der Waals surface area (Å²) >= 11 is 0. The molecule has 1 fully saturated rings. The topological polar surface area (TPSA) is 65.5 Å². The Bertz CT molecular complexity index is 523. The van der Waals surface area contributed by atoms with Crippen LogP contribution in [0.5, 0.6) is 0 Å². The highest BCUT2D eigenvalue weighted by atomic mass is 16.1. The molecular formula is C18H28N4O. The number of hydrogen-bond donors (Lipinski definition) is 3. The van der Waals surface area contributed by atoms with Crippen LogP contribution in [-0.4, -0.2) is 38.5 Å². The third-order valence-corrected chi connectivity index (χ3v) is 4.27. The number of guanidine groups is 1. The molecule has 126 valence electrons. The molecule has 5 heteroatoms. The zero-order valence-electron chi connectivity index (χ0n) is 14.2. The van der Waals surface area contributed by atoms with Gasteiger partial charge in [-0.1, -0.05) is 37.3 Å². The summed E-state index contributed by atoms with van der Waals surface area (Å²) in [6, 6.07) is 10.6. The largest absolute Gasteiger partial charge is 0.356 e. The van der Waals surface area contributed by atoms with E-state index in [0.717, 1.165) is 25.5 Å². The van der Waals surface area contributed by atoms with E-state index in [4.69, 9.17) is 0 Å². The van der Waals surface area contributed by atoms with Crippen LogP contribution in [0.25, 0.3) is 0 Å². The average Bonchev–Trinajstić information content (AvgIpc) is 3.38. The monoisotopic (exact) mass is 316 g/mol. The molecule has 1 aliphatic rings. The number of aliphatic imine (C=N–C) groups is 1. The predicted octanol–water partition coefficient (Wildman–Crippen LogP) is 1.80. The molecule has 0 unspecified atom stereocenters. The van der Waals surface area contributed by atoms with Crippen LogP contribution in [-0.2, 0) is 10.2 Å². The SMILES string of the molecule is CCCNC(=O)CCNC(=NC)NCC1(c2ccccc2)CC1. The lowest BCUT2D eigenvalue weighted by Gasteiger charge is -2.19. The smallest absolute Gasteiger partial charge is 0.221 e. The summed E-state index contributed by atoms with van der Waals surface area (Å²) < 4.78 is 0. The van der Waals surface area contributed by atoms with Crippen molar-refractivity contribution in [3.8, 4) is 0 Å². The zero-order valence-corrected chi connectivity index (χ0v) is 14.2. The molecule has 5 nitrogen and oxygen atoms in total. The Hall–Kier alpha value is -2.04. The van der Waals surface area contributed by atoms with E-state index < -0.39 is 0 Å². The first-order valence-electron chi connectivity index (χ1n) is 8.47. The number of benzene rings is 1. The molecule has 0 aliphatic heterocycles. The van der Waals surface area contributed by atoms with E-state index in [1.807, 2.05) is 6.92 Å². The Labute approximate surface area is 139 Å². The van der Waals surface area contributed by atoms with Gasteiger partial charge in [-0.15, -0.1) is 0 Å². The van der Waals surface area contributed by atoms with Crippen LogP contribution >= 0.6 is 0 Å². The molecule has 0 bridgehead atoms. The third-order valence-electron chi connectivity index (χ3n) is 4.27. The van der Waals surface area contributed by atoms with E-state index in [0.29, 0.717) is 13.0 Å². The summed E-state index contributed by atoms with van der Waals surface area (Å²) in [5.74, 6) is 0.841. The van der Waals surface area contributed by atoms with Crippen molar-refractivity contribution in [2.75, 3.05) is 26.7 Å². The Morgan fingerprint density at radius 1 is 1.13 bits per heavy atom. The second kappa shape index (κ2) is 8.56. The lowest BCUT2D eigenvalue weighted by Crippen LogP contribution is -2.42. The van der Waals surface area contributed by atoms with Crippen LogP contribution in [0, 0.1) is 0 Å². The summed E-state index contributed by atoms with van der Waals surface area (Å²) in [5.41, 5.74) is 1.64. The molecule has 3 N–H and O–H groups in total. The average molecular weight is 316 g/mol. The van der Waals surface area contributed by atoms with Gasteiger partial charge in [-0.2, -0.15) is 0 Å². The summed E-state index contributed by atoms with van der Waals surface area (Å²) in [6.07, 6.45) is 3.84. The lowest BCUT2D eigenvalue weighted by atomic mass is 9.96. The number of carbonyl (C=O) groups excluding carboxylic acids is 1. The molecule has 0 atom stereocenters. The van der Waals surface area contributed by atoms with Crippen LogP contribution in [0.15, 0.2) is 35.3 Å². The molecule has 1 saturated carbocycles. The third kappa shape index (κ3) is 5.27. The van der Waals surface area contributed by atoms with E-state index in [2.05, 4.69) is 51.3 Å². The normalized spacial score (nSPS) is 15.8. The van der Waals surface area contributed by atoms with E-state index in [1.165, 1.54) is 18.4 Å². The predicted molar refractivity (Wildman–Crippen MR) is 94.6 cm³/mol. The van der Waals surface area contributed by atoms with Gasteiger partial charge >= 0.3 is 0 Å². The van der Waals surface area contributed by atoms with Crippen molar-refractivity contribution in [3.05, 3.63) is 35.9 Å². The Kier molecular flexibility index (Phi) is 6.44. The van der Waals surface area contributed by atoms with Crippen LogP contribution in [0.1, 0.15) is 38.2 Å². The maximum absolute atomic E-state index is 11.6. The van der Waals surface area contributed by atoms with Gasteiger partial charge in [0.25, 0.3) is 0 Å². The second-order valence-corrected chi connectivity index (χ2v) is 6.10. The quantitative estimate of drug-likeness (QED) is 0.506. The standard InChI is InChI=1S/C18H28N4O/c1-3-12-20-16(23)9-13-21-17(19-2)22-14-18(10-11-18)15-7-5-4-6-8-15/h4-8H,3,9-14H2,1-2H3,(H,20,23)(H2,19,21,22). The summed E-state index contributed by atoms with van der Waals surface area (Å²) in [6.45, 7) is 4.25. The van der Waals surface area contributed by atoms with Gasteiger partial charge in [0.2, 0.25) is 5.91 Å². The first kappa shape index (κ1) is 17.3. The van der Waals surface area contributed by atoms with Crippen LogP contribution < -0.4 is 16.0 Å². The molecule has 0 spiro atoms. The molecule has 1 aromatic rings. The lowest BCUT2D eigenvalue weighted by molar-refractivity contribution is -0.120. The Morgan fingerprint density at radius 3 is 2.48 bits per heavy atom. The van der Waals surface area contributed by atoms with Gasteiger partial charge in [0.15, 0.2) is 5.96 Å². The fraction of sp³-hybridized carbons (Fsp3) is 0.556. The van der Waals surface area contributed by atoms with Crippen LogP contribution in [0.2, 0.25) is 0 Å². The molecular weight excluding hydrogens is 288 g/mol. The van der Waals surface area contributed by atoms with Crippen LogP contribution in [0.4, 0.5) is 0 Å². The molecule has 0 saturated heterocycles. The van der Waals surface area contributed by atoms with Crippen LogP contribution in [0.3, 0.4) is 0 Å². The first-order valence-corrected chi connectivity index (χ1v) is 8.47. The Morgan fingerprint density at radius 2 is 1.87 bits per heavy atom. The molecule has 0 radical (unpaired) electrons. The number of nitrogens with zero attached hydrogens (tertiary/aromatic N) is 1. The highest BCUT2D eigenvalue weighted by molar-refractivity contribution is 5.81. The van der Waals surface area contributed by atoms with E-state index in [1.54, 1.807) is 7.05 Å². The van der Waals surface area contributed by atoms with Gasteiger partial charge in [-0.3, -0.25) is 9.79 Å². The van der Waals surface area contributed by atoms with Crippen molar-refractivity contribution < 1.29 is 4.79 Å². The van der Waals surface area contributed by atoms with Crippen molar-refractivity contribution in [1.82, 2.24) is 16.0 Å². The van der Waals surface area contributed by atoms with Crippen molar-refractivity contribution in [3.63, 3.8) is 0 Å². The van der Waals surface area contributed by atoms with Gasteiger partial charge in [-0.05, 0) is 24.8 Å². The summed E-state index contributed by atoms with van der Waals surface area (Å²) in [4.78, 5) is 15.8. The Balaban J connectivity index is 1.73. The summed E-state index contributed by atoms with van der Waals surface area (Å²) in [7, 11) is 1.76. The van der Waals surface area contributed by atoms with Gasteiger partial charge in [-0.25, -0.2) is 0 Å². The number of carbonyl (C=O) groups is 1. The molecule has 1 amide bonds. The number of hydrogen-bond acceptors (Lipinski definition) is 2. The van der Waals surface area contributed by atoms with Crippen molar-refractivity contribution >= 4 is 11.9 Å². The number of nitrogens with one attached hydrogen (secondary N) is 3. The fourth-order valence-electron chi connectivity index (χ4n) is 2.63. The molecule has 0 heterocycles. The zero-order chi connectivity index (χ0) is 16.5. The van der Waals surface area contributed by atoms with E-state index in [-0.39, 0.29) is 11.3 Å². The highest BCUT2D eigenvalue weighted by Crippen LogP contribution is 2.47. The fourth-order valence-corrected chi connectivity index (χ4v) is 2.63. The number of amides is 1. The van der Waals surface area contributed by atoms with Gasteiger partial charge in [0.05, 0.1) is 0 Å². The molecule has 2 rings (SSSR count). The molecule has 1 aromatic carbocycles. The minimum absolute atomic E-state index is 0.0813. The summed E-state index contributed by atoms with van der Waals surface area (Å²) in [5, 5.41) is 9.47. The van der Waals surface area contributed by atoms with Gasteiger partial charge in [0, 0.05) is 38.5 Å². The minimum Gasteiger partial charge on any atom is -0.356 e. The maximum atomic E-state index is 11.6. The molecule has 0 aromatic heterocycles. The van der Waals surface area contributed by atoms with Gasteiger partial charge in [0.1, 0.15) is 0 Å². The first-order chi connectivity index (χ1) is 11.2.